The minimum atomic E-state index is -1.18. The van der Waals surface area contributed by atoms with Crippen molar-refractivity contribution in [2.24, 2.45) is 7.05 Å². The molecule has 0 fully saturated rings. The molecule has 0 aliphatic carbocycles. The summed E-state index contributed by atoms with van der Waals surface area (Å²) in [5.41, 5.74) is 0.370. The Morgan fingerprint density at radius 1 is 1.32 bits per heavy atom. The molecule has 22 heavy (non-hydrogen) atoms. The lowest BCUT2D eigenvalue weighted by atomic mass is 10.1. The molecule has 0 saturated heterocycles. The van der Waals surface area contributed by atoms with E-state index in [0.717, 1.165) is 12.1 Å². The number of nitrogens with zero attached hydrogens (tertiary/aromatic N) is 1. The summed E-state index contributed by atoms with van der Waals surface area (Å²) < 4.78 is 27.3. The van der Waals surface area contributed by atoms with Crippen LogP contribution in [-0.4, -0.2) is 22.1 Å². The van der Waals surface area contributed by atoms with Crippen LogP contribution in [-0.2, 0) is 7.05 Å². The number of hydrogen-bond donors (Lipinski definition) is 2. The maximum Gasteiger partial charge on any atom is 0.268 e. The molecular formula is C14H12Cl2F2N2O2. The number of carbonyl (C=O) groups excluding carboxylic acids is 1. The highest BCUT2D eigenvalue weighted by Crippen LogP contribution is 2.25. The fourth-order valence-corrected chi connectivity index (χ4v) is 2.25. The molecule has 0 bridgehead atoms. The van der Waals surface area contributed by atoms with Gasteiger partial charge in [-0.2, -0.15) is 0 Å². The maximum absolute atomic E-state index is 13.1. The molecule has 0 unspecified atom stereocenters. The molecule has 1 aromatic carbocycles. The molecule has 8 heteroatoms. The molecule has 1 amide bonds. The quantitative estimate of drug-likeness (QED) is 0.891. The van der Waals surface area contributed by atoms with Gasteiger partial charge in [0.15, 0.2) is 11.6 Å². The summed E-state index contributed by atoms with van der Waals surface area (Å²) in [6, 6.07) is 4.42. The smallest absolute Gasteiger partial charge is 0.268 e. The van der Waals surface area contributed by atoms with E-state index >= 15 is 0 Å². The highest BCUT2D eigenvalue weighted by molar-refractivity contribution is 6.41. The monoisotopic (exact) mass is 348 g/mol. The van der Waals surface area contributed by atoms with Gasteiger partial charge in [-0.1, -0.05) is 29.3 Å². The van der Waals surface area contributed by atoms with Crippen molar-refractivity contribution in [2.45, 2.75) is 6.10 Å². The Morgan fingerprint density at radius 2 is 2.00 bits per heavy atom. The number of benzene rings is 1. The summed E-state index contributed by atoms with van der Waals surface area (Å²) in [5.74, 6) is -2.57. The van der Waals surface area contributed by atoms with Crippen LogP contribution in [0.1, 0.15) is 22.2 Å². The maximum atomic E-state index is 13.1. The summed E-state index contributed by atoms with van der Waals surface area (Å²) >= 11 is 11.7. The second-order valence-electron chi connectivity index (χ2n) is 4.63. The topological polar surface area (TPSA) is 54.3 Å². The average molecular weight is 349 g/mol. The number of aromatic nitrogens is 1. The summed E-state index contributed by atoms with van der Waals surface area (Å²) in [4.78, 5) is 12.0. The molecule has 2 aromatic rings. The molecule has 0 aliphatic heterocycles. The standard InChI is InChI=1S/C14H12Cl2F2N2O2/c1-20-11(5-8(15)13(20)16)14(22)19-6-12(21)7-2-3-9(17)10(18)4-7/h2-5,12,21H,6H2,1H3,(H,19,22)/t12-/m1/s1. The number of carbonyl (C=O) groups is 1. The molecule has 0 spiro atoms. The molecule has 0 radical (unpaired) electrons. The van der Waals surface area contributed by atoms with Crippen LogP contribution in [0.2, 0.25) is 10.2 Å². The number of rotatable bonds is 4. The van der Waals surface area contributed by atoms with Gasteiger partial charge in [-0.15, -0.1) is 0 Å². The van der Waals surface area contributed by atoms with E-state index in [1.807, 2.05) is 0 Å². The Kier molecular flexibility index (Phi) is 5.05. The van der Waals surface area contributed by atoms with Gasteiger partial charge in [0.25, 0.3) is 5.91 Å². The van der Waals surface area contributed by atoms with E-state index in [9.17, 15) is 18.7 Å². The second kappa shape index (κ2) is 6.64. The summed E-state index contributed by atoms with van der Waals surface area (Å²) in [6.07, 6.45) is -1.18. The third-order valence-corrected chi connectivity index (χ3v) is 3.98. The van der Waals surface area contributed by atoms with Gasteiger partial charge in [-0.05, 0) is 23.8 Å². The van der Waals surface area contributed by atoms with Gasteiger partial charge in [0.2, 0.25) is 0 Å². The van der Waals surface area contributed by atoms with Crippen LogP contribution in [0.5, 0.6) is 0 Å². The first-order chi connectivity index (χ1) is 10.3. The number of nitrogens with one attached hydrogen (secondary N) is 1. The normalized spacial score (nSPS) is 12.3. The van der Waals surface area contributed by atoms with Crippen LogP contribution in [0.25, 0.3) is 0 Å². The number of amides is 1. The van der Waals surface area contributed by atoms with Crippen molar-refractivity contribution >= 4 is 29.1 Å². The van der Waals surface area contributed by atoms with Gasteiger partial charge in [0.1, 0.15) is 10.8 Å². The van der Waals surface area contributed by atoms with Crippen molar-refractivity contribution in [3.8, 4) is 0 Å². The van der Waals surface area contributed by atoms with Gasteiger partial charge < -0.3 is 15.0 Å². The van der Waals surface area contributed by atoms with Crippen LogP contribution < -0.4 is 5.32 Å². The fraction of sp³-hybridized carbons (Fsp3) is 0.214. The Bertz CT molecular complexity index is 719. The van der Waals surface area contributed by atoms with Crippen LogP contribution in [0.4, 0.5) is 8.78 Å². The van der Waals surface area contributed by atoms with E-state index in [2.05, 4.69) is 5.32 Å². The molecule has 2 rings (SSSR count). The van der Waals surface area contributed by atoms with E-state index in [0.29, 0.717) is 0 Å². The van der Waals surface area contributed by atoms with Crippen molar-refractivity contribution < 1.29 is 18.7 Å². The van der Waals surface area contributed by atoms with Crippen molar-refractivity contribution in [3.05, 3.63) is 57.3 Å². The zero-order valence-corrected chi connectivity index (χ0v) is 12.9. The third-order valence-electron chi connectivity index (χ3n) is 3.13. The van der Waals surface area contributed by atoms with E-state index in [1.165, 1.54) is 16.7 Å². The minimum absolute atomic E-state index is 0.155. The Morgan fingerprint density at radius 3 is 2.55 bits per heavy atom. The Hall–Kier alpha value is -1.63. The SMILES string of the molecule is Cn1c(C(=O)NC[C@@H](O)c2ccc(F)c(F)c2)cc(Cl)c1Cl. The molecular weight excluding hydrogens is 337 g/mol. The van der Waals surface area contributed by atoms with Crippen LogP contribution in [0.3, 0.4) is 0 Å². The van der Waals surface area contributed by atoms with Crippen LogP contribution >= 0.6 is 23.2 Å². The van der Waals surface area contributed by atoms with E-state index < -0.39 is 23.6 Å². The average Bonchev–Trinajstić information content (AvgIpc) is 2.75. The van der Waals surface area contributed by atoms with Crippen LogP contribution in [0, 0.1) is 11.6 Å². The highest BCUT2D eigenvalue weighted by Gasteiger charge is 2.17. The van der Waals surface area contributed by atoms with Gasteiger partial charge in [-0.3, -0.25) is 4.79 Å². The lowest BCUT2D eigenvalue weighted by Gasteiger charge is -2.13. The Labute approximate surface area is 135 Å². The van der Waals surface area contributed by atoms with E-state index in [1.54, 1.807) is 7.05 Å². The predicted octanol–water partition coefficient (Wildman–Crippen LogP) is 3.07. The van der Waals surface area contributed by atoms with Crippen molar-refractivity contribution in [2.75, 3.05) is 6.54 Å². The van der Waals surface area contributed by atoms with E-state index in [-0.39, 0.29) is 28.0 Å². The largest absolute Gasteiger partial charge is 0.387 e. The minimum Gasteiger partial charge on any atom is -0.387 e. The highest BCUT2D eigenvalue weighted by atomic mass is 35.5. The lowest BCUT2D eigenvalue weighted by Crippen LogP contribution is -2.29. The first-order valence-corrected chi connectivity index (χ1v) is 6.98. The second-order valence-corrected chi connectivity index (χ2v) is 5.39. The zero-order valence-electron chi connectivity index (χ0n) is 11.4. The molecule has 2 N–H and O–H groups in total. The number of halogens is 4. The number of aliphatic hydroxyl groups is 1. The van der Waals surface area contributed by atoms with Gasteiger partial charge >= 0.3 is 0 Å². The zero-order chi connectivity index (χ0) is 16.4. The molecule has 1 aromatic heterocycles. The van der Waals surface area contributed by atoms with E-state index in [4.69, 9.17) is 23.2 Å². The lowest BCUT2D eigenvalue weighted by molar-refractivity contribution is 0.0908. The first-order valence-electron chi connectivity index (χ1n) is 6.23. The fourth-order valence-electron chi connectivity index (χ4n) is 1.88. The van der Waals surface area contributed by atoms with Crippen molar-refractivity contribution in [1.29, 1.82) is 0 Å². The molecule has 1 heterocycles. The van der Waals surface area contributed by atoms with Crippen LogP contribution in [0.15, 0.2) is 24.3 Å². The third kappa shape index (κ3) is 3.40. The molecule has 1 atom stereocenters. The predicted molar refractivity (Wildman–Crippen MR) is 79.1 cm³/mol. The van der Waals surface area contributed by atoms with Gasteiger partial charge in [-0.25, -0.2) is 8.78 Å². The Balaban J connectivity index is 2.04. The van der Waals surface area contributed by atoms with Gasteiger partial charge in [0, 0.05) is 13.6 Å². The molecule has 0 saturated carbocycles. The molecule has 118 valence electrons. The molecule has 0 aliphatic rings. The number of aliphatic hydroxyl groups excluding tert-OH is 1. The molecule has 4 nitrogen and oxygen atoms in total. The van der Waals surface area contributed by atoms with Gasteiger partial charge in [0.05, 0.1) is 11.1 Å². The van der Waals surface area contributed by atoms with Crippen molar-refractivity contribution in [3.63, 3.8) is 0 Å². The number of hydrogen-bond acceptors (Lipinski definition) is 2. The summed E-state index contributed by atoms with van der Waals surface area (Å²) in [5, 5.41) is 12.8. The van der Waals surface area contributed by atoms with Crippen molar-refractivity contribution in [1.82, 2.24) is 9.88 Å². The summed E-state index contributed by atoms with van der Waals surface area (Å²) in [7, 11) is 1.56. The first kappa shape index (κ1) is 16.7. The summed E-state index contributed by atoms with van der Waals surface area (Å²) in [6.45, 7) is -0.176.